The van der Waals surface area contributed by atoms with Crippen molar-refractivity contribution in [2.75, 3.05) is 24.8 Å². The van der Waals surface area contributed by atoms with Crippen molar-refractivity contribution in [3.05, 3.63) is 28.0 Å². The first kappa shape index (κ1) is 13.8. The summed E-state index contributed by atoms with van der Waals surface area (Å²) < 4.78 is 4.91. The number of hydrogen-bond acceptors (Lipinski definition) is 5. The molecule has 0 radical (unpaired) electrons. The molecule has 0 aliphatic rings. The molecule has 1 rings (SSSR count). The van der Waals surface area contributed by atoms with Crippen LogP contribution in [0.5, 0.6) is 0 Å². The van der Waals surface area contributed by atoms with Gasteiger partial charge in [-0.2, -0.15) is 5.10 Å². The molecule has 0 saturated carbocycles. The molecule has 0 aliphatic carbocycles. The minimum Gasteiger partial charge on any atom is -0.400 e. The van der Waals surface area contributed by atoms with E-state index in [1.807, 2.05) is 0 Å². The molecule has 8 heteroatoms. The average molecular weight is 280 g/mol. The van der Waals surface area contributed by atoms with Crippen LogP contribution in [0.15, 0.2) is 21.7 Å². The summed E-state index contributed by atoms with van der Waals surface area (Å²) in [6, 6.07) is 2.75. The lowest BCUT2D eigenvalue weighted by Crippen LogP contribution is -2.22. The fourth-order valence-corrected chi connectivity index (χ4v) is 1.46. The molecule has 0 atom stereocenters. The van der Waals surface area contributed by atoms with E-state index < -0.39 is 4.92 Å². The summed E-state index contributed by atoms with van der Waals surface area (Å²) in [7, 11) is 0. The summed E-state index contributed by atoms with van der Waals surface area (Å²) in [5.41, 5.74) is 0. The van der Waals surface area contributed by atoms with Crippen LogP contribution in [0.2, 0.25) is 0 Å². The monoisotopic (exact) mass is 279 g/mol. The first-order chi connectivity index (χ1) is 8.17. The fourth-order valence-electron chi connectivity index (χ4n) is 1.07. The molecule has 1 aromatic rings. The molecule has 0 spiro atoms. The van der Waals surface area contributed by atoms with E-state index in [0.29, 0.717) is 30.6 Å². The molecule has 0 bridgehead atoms. The predicted octanol–water partition coefficient (Wildman–Crippen LogP) is 2.30. The lowest BCUT2D eigenvalue weighted by Gasteiger charge is -2.15. The Morgan fingerprint density at radius 2 is 2.06 bits per heavy atom. The molecule has 0 saturated heterocycles. The topological polar surface area (TPSA) is 71.9 Å². The van der Waals surface area contributed by atoms with Gasteiger partial charge in [-0.05, 0) is 6.07 Å². The smallest absolute Gasteiger partial charge is 0.400 e. The number of hydrazone groups is 1. The Hall–Kier alpha value is -1.27. The van der Waals surface area contributed by atoms with Gasteiger partial charge in [0.2, 0.25) is 0 Å². The number of alkyl halides is 2. The SMILES string of the molecule is O=[N+]([O-])c1ccc(C=NN(CCCl)CCCl)o1. The van der Waals surface area contributed by atoms with Crippen molar-refractivity contribution >= 4 is 35.3 Å². The van der Waals surface area contributed by atoms with Gasteiger partial charge in [0.25, 0.3) is 0 Å². The van der Waals surface area contributed by atoms with Gasteiger partial charge in [0.1, 0.15) is 4.92 Å². The number of nitro groups is 1. The number of nitrogens with zero attached hydrogens (tertiary/aromatic N) is 3. The summed E-state index contributed by atoms with van der Waals surface area (Å²) in [5.74, 6) is 0.845. The van der Waals surface area contributed by atoms with Crippen LogP contribution in [-0.4, -0.2) is 41.0 Å². The first-order valence-electron chi connectivity index (χ1n) is 4.82. The molecular formula is C9H11Cl2N3O3. The van der Waals surface area contributed by atoms with E-state index in [2.05, 4.69) is 5.10 Å². The fraction of sp³-hybridized carbons (Fsp3) is 0.444. The van der Waals surface area contributed by atoms with E-state index in [1.54, 1.807) is 5.01 Å². The zero-order valence-corrected chi connectivity index (χ0v) is 10.4. The lowest BCUT2D eigenvalue weighted by atomic mass is 10.5. The first-order valence-corrected chi connectivity index (χ1v) is 5.89. The standard InChI is InChI=1S/C9H11Cl2N3O3/c10-3-5-13(6-4-11)12-7-8-1-2-9(17-8)14(15)16/h1-2,7H,3-6H2. The van der Waals surface area contributed by atoms with E-state index in [0.717, 1.165) is 0 Å². The summed E-state index contributed by atoms with van der Waals surface area (Å²) in [5, 5.41) is 16.1. The Morgan fingerprint density at radius 1 is 1.41 bits per heavy atom. The molecule has 0 N–H and O–H groups in total. The second kappa shape index (κ2) is 7.13. The Morgan fingerprint density at radius 3 is 2.53 bits per heavy atom. The quantitative estimate of drug-likeness (QED) is 0.332. The van der Waals surface area contributed by atoms with Gasteiger partial charge in [0, 0.05) is 24.8 Å². The summed E-state index contributed by atoms with van der Waals surface area (Å²) in [4.78, 5) is 9.77. The Bertz CT molecular complexity index is 389. The summed E-state index contributed by atoms with van der Waals surface area (Å²) in [6.07, 6.45) is 1.39. The van der Waals surface area contributed by atoms with E-state index >= 15 is 0 Å². The highest BCUT2D eigenvalue weighted by atomic mass is 35.5. The molecule has 94 valence electrons. The van der Waals surface area contributed by atoms with Gasteiger partial charge < -0.3 is 4.42 Å². The van der Waals surface area contributed by atoms with Gasteiger partial charge in [-0.3, -0.25) is 15.1 Å². The molecule has 1 aromatic heterocycles. The van der Waals surface area contributed by atoms with Crippen molar-refractivity contribution in [3.63, 3.8) is 0 Å². The maximum atomic E-state index is 10.4. The van der Waals surface area contributed by atoms with Crippen LogP contribution in [0, 0.1) is 10.1 Å². The van der Waals surface area contributed by atoms with Crippen molar-refractivity contribution < 1.29 is 9.34 Å². The summed E-state index contributed by atoms with van der Waals surface area (Å²) in [6.45, 7) is 1.10. The van der Waals surface area contributed by atoms with Crippen LogP contribution in [0.1, 0.15) is 5.76 Å². The van der Waals surface area contributed by atoms with Gasteiger partial charge >= 0.3 is 5.88 Å². The van der Waals surface area contributed by atoms with Crippen LogP contribution in [0.25, 0.3) is 0 Å². The highest BCUT2D eigenvalue weighted by molar-refractivity contribution is 6.18. The Balaban J connectivity index is 2.63. The highest BCUT2D eigenvalue weighted by Gasteiger charge is 2.10. The maximum absolute atomic E-state index is 10.4. The Labute approximate surface area is 108 Å². The Kier molecular flexibility index (Phi) is 5.79. The van der Waals surface area contributed by atoms with Crippen LogP contribution >= 0.6 is 23.2 Å². The van der Waals surface area contributed by atoms with E-state index in [9.17, 15) is 10.1 Å². The third-order valence-electron chi connectivity index (χ3n) is 1.83. The van der Waals surface area contributed by atoms with Crippen molar-refractivity contribution in [2.24, 2.45) is 5.10 Å². The van der Waals surface area contributed by atoms with Crippen molar-refractivity contribution in [2.45, 2.75) is 0 Å². The average Bonchev–Trinajstić information content (AvgIpc) is 2.75. The third kappa shape index (κ3) is 4.62. The molecule has 1 heterocycles. The van der Waals surface area contributed by atoms with Crippen molar-refractivity contribution in [1.29, 1.82) is 0 Å². The zero-order chi connectivity index (χ0) is 12.7. The van der Waals surface area contributed by atoms with Gasteiger partial charge in [-0.15, -0.1) is 23.2 Å². The third-order valence-corrected chi connectivity index (χ3v) is 2.16. The van der Waals surface area contributed by atoms with E-state index in [1.165, 1.54) is 18.3 Å². The molecule has 0 aromatic carbocycles. The van der Waals surface area contributed by atoms with Gasteiger partial charge in [0.05, 0.1) is 12.3 Å². The number of halogens is 2. The number of hydrogen-bond donors (Lipinski definition) is 0. The van der Waals surface area contributed by atoms with E-state index in [4.69, 9.17) is 27.6 Å². The molecule has 0 aliphatic heterocycles. The summed E-state index contributed by atoms with van der Waals surface area (Å²) >= 11 is 11.2. The zero-order valence-electron chi connectivity index (χ0n) is 8.88. The maximum Gasteiger partial charge on any atom is 0.433 e. The van der Waals surface area contributed by atoms with Crippen LogP contribution in [-0.2, 0) is 0 Å². The van der Waals surface area contributed by atoms with Gasteiger partial charge in [0.15, 0.2) is 5.76 Å². The number of rotatable bonds is 7. The van der Waals surface area contributed by atoms with Crippen LogP contribution in [0.3, 0.4) is 0 Å². The largest absolute Gasteiger partial charge is 0.433 e. The van der Waals surface area contributed by atoms with Gasteiger partial charge in [-0.25, -0.2) is 0 Å². The van der Waals surface area contributed by atoms with Crippen molar-refractivity contribution in [3.8, 4) is 0 Å². The van der Waals surface area contributed by atoms with Crippen molar-refractivity contribution in [1.82, 2.24) is 5.01 Å². The normalized spacial score (nSPS) is 10.9. The number of furan rings is 1. The van der Waals surface area contributed by atoms with E-state index in [-0.39, 0.29) is 5.88 Å². The molecule has 0 fully saturated rings. The molecular weight excluding hydrogens is 269 g/mol. The highest BCUT2D eigenvalue weighted by Crippen LogP contribution is 2.13. The second-order valence-electron chi connectivity index (χ2n) is 3.01. The molecule has 17 heavy (non-hydrogen) atoms. The molecule has 6 nitrogen and oxygen atoms in total. The van der Waals surface area contributed by atoms with Gasteiger partial charge in [-0.1, -0.05) is 0 Å². The molecule has 0 amide bonds. The molecule has 0 unspecified atom stereocenters. The second-order valence-corrected chi connectivity index (χ2v) is 3.77. The minimum atomic E-state index is -0.605. The van der Waals surface area contributed by atoms with Crippen LogP contribution < -0.4 is 0 Å². The lowest BCUT2D eigenvalue weighted by molar-refractivity contribution is -0.402. The minimum absolute atomic E-state index is 0.311. The predicted molar refractivity (Wildman–Crippen MR) is 66.0 cm³/mol. The van der Waals surface area contributed by atoms with Crippen LogP contribution in [0.4, 0.5) is 5.88 Å².